The van der Waals surface area contributed by atoms with E-state index in [2.05, 4.69) is 10.6 Å². The Kier molecular flexibility index (Phi) is 7.40. The molecule has 1 aliphatic heterocycles. The number of ether oxygens (including phenoxy) is 2. The summed E-state index contributed by atoms with van der Waals surface area (Å²) in [6.45, 7) is 2.45. The number of amides is 3. The monoisotopic (exact) mass is 411 g/mol. The second-order valence-electron chi connectivity index (χ2n) is 6.73. The van der Waals surface area contributed by atoms with Gasteiger partial charge in [0.15, 0.2) is 0 Å². The van der Waals surface area contributed by atoms with Gasteiger partial charge < -0.3 is 25.0 Å². The third-order valence-electron chi connectivity index (χ3n) is 4.76. The van der Waals surface area contributed by atoms with E-state index in [9.17, 15) is 14.4 Å². The van der Waals surface area contributed by atoms with Crippen LogP contribution in [0.5, 0.6) is 5.75 Å². The third-order valence-corrected chi connectivity index (χ3v) is 4.76. The van der Waals surface area contributed by atoms with Crippen LogP contribution in [0.4, 0.5) is 5.69 Å². The van der Waals surface area contributed by atoms with Crippen LogP contribution in [0, 0.1) is 0 Å². The number of benzene rings is 2. The highest BCUT2D eigenvalue weighted by Crippen LogP contribution is 2.18. The lowest BCUT2D eigenvalue weighted by molar-refractivity contribution is -0.135. The SMILES string of the molecule is COc1ccc(C(=O)Nc2ccccc2C(=O)NCCC(=O)N2CCOCC2)cc1. The van der Waals surface area contributed by atoms with Crippen LogP contribution in [0.2, 0.25) is 0 Å². The first kappa shape index (κ1) is 21.3. The van der Waals surface area contributed by atoms with Crippen molar-refractivity contribution in [1.82, 2.24) is 10.2 Å². The highest BCUT2D eigenvalue weighted by molar-refractivity contribution is 6.09. The molecule has 3 amide bonds. The zero-order valence-electron chi connectivity index (χ0n) is 16.8. The first-order valence-electron chi connectivity index (χ1n) is 9.76. The largest absolute Gasteiger partial charge is 0.497 e. The Morgan fingerprint density at radius 1 is 1.00 bits per heavy atom. The van der Waals surface area contributed by atoms with E-state index in [0.29, 0.717) is 48.9 Å². The molecule has 0 aliphatic carbocycles. The molecule has 8 nitrogen and oxygen atoms in total. The molecule has 1 saturated heterocycles. The summed E-state index contributed by atoms with van der Waals surface area (Å²) in [5, 5.41) is 5.52. The van der Waals surface area contributed by atoms with Gasteiger partial charge in [0, 0.05) is 31.6 Å². The summed E-state index contributed by atoms with van der Waals surface area (Å²) in [6, 6.07) is 13.4. The molecule has 0 bridgehead atoms. The van der Waals surface area contributed by atoms with Crippen molar-refractivity contribution in [3.8, 4) is 5.75 Å². The Labute approximate surface area is 175 Å². The van der Waals surface area contributed by atoms with Gasteiger partial charge in [0.2, 0.25) is 5.91 Å². The zero-order valence-corrected chi connectivity index (χ0v) is 16.8. The van der Waals surface area contributed by atoms with E-state index in [1.807, 2.05) is 0 Å². The summed E-state index contributed by atoms with van der Waals surface area (Å²) in [6.07, 6.45) is 0.214. The standard InChI is InChI=1S/C22H25N3O5/c1-29-17-8-6-16(7-9-17)21(27)24-19-5-3-2-4-18(19)22(28)23-11-10-20(26)25-12-14-30-15-13-25/h2-9H,10-15H2,1H3,(H,23,28)(H,24,27). The molecule has 0 aromatic heterocycles. The van der Waals surface area contributed by atoms with E-state index in [0.717, 1.165) is 0 Å². The summed E-state index contributed by atoms with van der Waals surface area (Å²) in [4.78, 5) is 39.0. The van der Waals surface area contributed by atoms with Crippen LogP contribution >= 0.6 is 0 Å². The molecule has 2 aromatic rings. The van der Waals surface area contributed by atoms with Crippen molar-refractivity contribution in [3.05, 3.63) is 59.7 Å². The van der Waals surface area contributed by atoms with E-state index in [1.165, 1.54) is 0 Å². The fourth-order valence-electron chi connectivity index (χ4n) is 3.08. The maximum atomic E-state index is 12.6. The lowest BCUT2D eigenvalue weighted by Crippen LogP contribution is -2.42. The van der Waals surface area contributed by atoms with Crippen LogP contribution in [-0.4, -0.2) is 62.6 Å². The van der Waals surface area contributed by atoms with E-state index in [4.69, 9.17) is 9.47 Å². The number of anilines is 1. The predicted octanol–water partition coefficient (Wildman–Crippen LogP) is 1.93. The zero-order chi connectivity index (χ0) is 21.3. The smallest absolute Gasteiger partial charge is 0.255 e. The summed E-state index contributed by atoms with van der Waals surface area (Å²) in [7, 11) is 1.55. The van der Waals surface area contributed by atoms with Gasteiger partial charge in [-0.2, -0.15) is 0 Å². The van der Waals surface area contributed by atoms with E-state index in [-0.39, 0.29) is 30.7 Å². The van der Waals surface area contributed by atoms with Crippen LogP contribution in [0.3, 0.4) is 0 Å². The lowest BCUT2D eigenvalue weighted by atomic mass is 10.1. The molecule has 30 heavy (non-hydrogen) atoms. The number of morpholine rings is 1. The number of rotatable bonds is 7. The molecule has 3 rings (SSSR count). The number of hydrogen-bond donors (Lipinski definition) is 2. The number of para-hydroxylation sites is 1. The van der Waals surface area contributed by atoms with Gasteiger partial charge in [0.25, 0.3) is 11.8 Å². The van der Waals surface area contributed by atoms with Gasteiger partial charge in [-0.15, -0.1) is 0 Å². The molecule has 0 spiro atoms. The van der Waals surface area contributed by atoms with E-state index < -0.39 is 0 Å². The van der Waals surface area contributed by atoms with Crippen molar-refractivity contribution in [3.63, 3.8) is 0 Å². The Hall–Kier alpha value is -3.39. The van der Waals surface area contributed by atoms with Crippen molar-refractivity contribution in [2.75, 3.05) is 45.3 Å². The molecule has 1 aliphatic rings. The van der Waals surface area contributed by atoms with Gasteiger partial charge in [0.1, 0.15) is 5.75 Å². The van der Waals surface area contributed by atoms with Crippen molar-refractivity contribution in [1.29, 1.82) is 0 Å². The quantitative estimate of drug-likeness (QED) is 0.726. The van der Waals surface area contributed by atoms with E-state index >= 15 is 0 Å². The van der Waals surface area contributed by atoms with Crippen LogP contribution in [-0.2, 0) is 9.53 Å². The second-order valence-corrected chi connectivity index (χ2v) is 6.73. The van der Waals surface area contributed by atoms with Gasteiger partial charge in [-0.25, -0.2) is 0 Å². The first-order chi connectivity index (χ1) is 14.6. The van der Waals surface area contributed by atoms with Gasteiger partial charge in [-0.05, 0) is 36.4 Å². The highest BCUT2D eigenvalue weighted by Gasteiger charge is 2.18. The van der Waals surface area contributed by atoms with Crippen molar-refractivity contribution in [2.45, 2.75) is 6.42 Å². The molecule has 0 radical (unpaired) electrons. The number of methoxy groups -OCH3 is 1. The molecule has 0 saturated carbocycles. The number of nitrogens with zero attached hydrogens (tertiary/aromatic N) is 1. The summed E-state index contributed by atoms with van der Waals surface area (Å²) >= 11 is 0. The van der Waals surface area contributed by atoms with Gasteiger partial charge in [-0.3, -0.25) is 14.4 Å². The molecule has 2 N–H and O–H groups in total. The van der Waals surface area contributed by atoms with Crippen LogP contribution in [0.1, 0.15) is 27.1 Å². The molecule has 0 atom stereocenters. The lowest BCUT2D eigenvalue weighted by Gasteiger charge is -2.26. The molecule has 8 heteroatoms. The molecular formula is C22H25N3O5. The minimum atomic E-state index is -0.351. The van der Waals surface area contributed by atoms with Crippen LogP contribution in [0.25, 0.3) is 0 Å². The minimum absolute atomic E-state index is 0.0142. The van der Waals surface area contributed by atoms with Crippen molar-refractivity contribution >= 4 is 23.4 Å². The number of carbonyl (C=O) groups is 3. The third kappa shape index (κ3) is 5.57. The minimum Gasteiger partial charge on any atom is -0.497 e. The van der Waals surface area contributed by atoms with Gasteiger partial charge in [0.05, 0.1) is 31.6 Å². The molecule has 0 unspecified atom stereocenters. The van der Waals surface area contributed by atoms with Gasteiger partial charge >= 0.3 is 0 Å². The summed E-state index contributed by atoms with van der Waals surface area (Å²) in [5.74, 6) is -0.0477. The average molecular weight is 411 g/mol. The number of nitrogens with one attached hydrogen (secondary N) is 2. The predicted molar refractivity (Wildman–Crippen MR) is 112 cm³/mol. The normalized spacial score (nSPS) is 13.4. The Bertz CT molecular complexity index is 892. The maximum absolute atomic E-state index is 12.6. The highest BCUT2D eigenvalue weighted by atomic mass is 16.5. The summed E-state index contributed by atoms with van der Waals surface area (Å²) in [5.41, 5.74) is 1.18. The number of carbonyl (C=O) groups excluding carboxylic acids is 3. The summed E-state index contributed by atoms with van der Waals surface area (Å²) < 4.78 is 10.3. The molecular weight excluding hydrogens is 386 g/mol. The molecule has 158 valence electrons. The molecule has 1 heterocycles. The van der Waals surface area contributed by atoms with Crippen molar-refractivity contribution in [2.24, 2.45) is 0 Å². The second kappa shape index (κ2) is 10.4. The average Bonchev–Trinajstić information content (AvgIpc) is 2.79. The van der Waals surface area contributed by atoms with Crippen LogP contribution < -0.4 is 15.4 Å². The number of hydrogen-bond acceptors (Lipinski definition) is 5. The van der Waals surface area contributed by atoms with Crippen molar-refractivity contribution < 1.29 is 23.9 Å². The fraction of sp³-hybridized carbons (Fsp3) is 0.318. The Morgan fingerprint density at radius 3 is 2.40 bits per heavy atom. The Balaban J connectivity index is 1.57. The molecule has 2 aromatic carbocycles. The topological polar surface area (TPSA) is 97.0 Å². The Morgan fingerprint density at radius 2 is 1.70 bits per heavy atom. The molecule has 1 fully saturated rings. The maximum Gasteiger partial charge on any atom is 0.255 e. The van der Waals surface area contributed by atoms with Gasteiger partial charge in [-0.1, -0.05) is 12.1 Å². The van der Waals surface area contributed by atoms with E-state index in [1.54, 1.807) is 60.5 Å². The first-order valence-corrected chi connectivity index (χ1v) is 9.76. The fourth-order valence-corrected chi connectivity index (χ4v) is 3.08. The van der Waals surface area contributed by atoms with Crippen LogP contribution in [0.15, 0.2) is 48.5 Å².